The van der Waals surface area contributed by atoms with Gasteiger partial charge < -0.3 is 14.8 Å². The maximum atomic E-state index is 13.2. The lowest BCUT2D eigenvalue weighted by Gasteiger charge is -2.44. The Bertz CT molecular complexity index is 1080. The molecule has 4 aliphatic rings. The van der Waals surface area contributed by atoms with Gasteiger partial charge in [-0.05, 0) is 61.2 Å². The molecule has 8 heteroatoms. The van der Waals surface area contributed by atoms with Crippen LogP contribution in [0.2, 0.25) is 0 Å². The molecule has 0 saturated carbocycles. The van der Waals surface area contributed by atoms with Gasteiger partial charge in [-0.3, -0.25) is 4.90 Å². The number of fused-ring (bicyclic) bond motifs is 4. The van der Waals surface area contributed by atoms with E-state index in [0.29, 0.717) is 29.4 Å². The number of rotatable bonds is 3. The molecule has 0 spiro atoms. The molecule has 0 radical (unpaired) electrons. The molecular weight excluding hydrogens is 445 g/mol. The second kappa shape index (κ2) is 8.48. The van der Waals surface area contributed by atoms with Crippen molar-refractivity contribution in [3.8, 4) is 16.9 Å². The number of hydrogen-bond donors (Lipinski definition) is 1. The van der Waals surface area contributed by atoms with Crippen LogP contribution in [-0.4, -0.2) is 43.3 Å². The highest BCUT2D eigenvalue weighted by atomic mass is 19.4. The predicted molar refractivity (Wildman–Crippen MR) is 121 cm³/mol. The average Bonchev–Trinajstić information content (AvgIpc) is 2.81. The van der Waals surface area contributed by atoms with Crippen molar-refractivity contribution in [2.24, 2.45) is 11.3 Å². The number of alkyl halides is 3. The fraction of sp³-hybridized carbons (Fsp3) is 0.500. The van der Waals surface area contributed by atoms with Crippen LogP contribution >= 0.6 is 0 Å². The summed E-state index contributed by atoms with van der Waals surface area (Å²) < 4.78 is 51.3. The minimum absolute atomic E-state index is 0.0896. The Morgan fingerprint density at radius 1 is 1.12 bits per heavy atom. The fourth-order valence-electron chi connectivity index (χ4n) is 5.33. The molecule has 2 bridgehead atoms. The number of halogens is 3. The van der Waals surface area contributed by atoms with Crippen molar-refractivity contribution < 1.29 is 27.4 Å². The van der Waals surface area contributed by atoms with Crippen LogP contribution in [0.15, 0.2) is 42.5 Å². The van der Waals surface area contributed by atoms with E-state index in [1.165, 1.54) is 6.07 Å². The second-order valence-corrected chi connectivity index (χ2v) is 10.3. The van der Waals surface area contributed by atoms with E-state index in [2.05, 4.69) is 10.2 Å². The Labute approximate surface area is 197 Å². The summed E-state index contributed by atoms with van der Waals surface area (Å²) in [5.41, 5.74) is 0.784. The zero-order valence-electron chi connectivity index (χ0n) is 19.3. The number of piperidine rings is 3. The van der Waals surface area contributed by atoms with Crippen LogP contribution in [0.3, 0.4) is 0 Å². The van der Waals surface area contributed by atoms with Crippen LogP contribution < -0.4 is 10.1 Å². The van der Waals surface area contributed by atoms with Crippen molar-refractivity contribution in [1.82, 2.24) is 10.2 Å². The number of hydrogen-bond acceptors (Lipinski definition) is 4. The summed E-state index contributed by atoms with van der Waals surface area (Å²) in [7, 11) is 0. The molecule has 3 fully saturated rings. The van der Waals surface area contributed by atoms with Gasteiger partial charge in [0.05, 0.1) is 18.2 Å². The first-order valence-corrected chi connectivity index (χ1v) is 11.7. The van der Waals surface area contributed by atoms with Crippen molar-refractivity contribution in [3.63, 3.8) is 0 Å². The minimum atomic E-state index is -4.41. The van der Waals surface area contributed by atoms with Crippen molar-refractivity contribution in [3.05, 3.63) is 53.6 Å². The molecule has 2 atom stereocenters. The highest BCUT2D eigenvalue weighted by molar-refractivity contribution is 5.70. The van der Waals surface area contributed by atoms with Crippen LogP contribution in [0.1, 0.15) is 43.9 Å². The highest BCUT2D eigenvalue weighted by Gasteiger charge is 2.41. The monoisotopic (exact) mass is 474 g/mol. The van der Waals surface area contributed by atoms with Crippen molar-refractivity contribution in [2.75, 3.05) is 26.2 Å². The molecular formula is C26H29F3N2O3. The van der Waals surface area contributed by atoms with Gasteiger partial charge in [-0.15, -0.1) is 0 Å². The first-order valence-electron chi connectivity index (χ1n) is 11.7. The standard InChI is InChI=1S/C26H29F3N2O3/c1-25(2)15-33-21-13-18(17-4-3-5-19(12-17)26(27,28)29)6-7-20(21)23(25)30-24(32)34-22-14-31-10-8-16(22)9-11-31/h3-7,12-13,16,22-23H,8-11,14-15H2,1-2H3,(H,30,32)/t22-,23?/m1/s1. The van der Waals surface area contributed by atoms with Gasteiger partial charge in [0, 0.05) is 17.5 Å². The summed E-state index contributed by atoms with van der Waals surface area (Å²) >= 11 is 0. The molecule has 2 aromatic carbocycles. The largest absolute Gasteiger partial charge is 0.493 e. The van der Waals surface area contributed by atoms with Crippen molar-refractivity contribution in [1.29, 1.82) is 0 Å². The Kier molecular flexibility index (Phi) is 5.74. The van der Waals surface area contributed by atoms with E-state index in [9.17, 15) is 18.0 Å². The van der Waals surface area contributed by atoms with Crippen LogP contribution in [0, 0.1) is 11.3 Å². The normalized spacial score (nSPS) is 27.4. The van der Waals surface area contributed by atoms with E-state index in [-0.39, 0.29) is 12.1 Å². The van der Waals surface area contributed by atoms with Crippen LogP contribution in [-0.2, 0) is 10.9 Å². The van der Waals surface area contributed by atoms with Gasteiger partial charge in [0.25, 0.3) is 0 Å². The number of carbonyl (C=O) groups is 1. The molecule has 0 aliphatic carbocycles. The summed E-state index contributed by atoms with van der Waals surface area (Å²) in [6.45, 7) is 7.30. The van der Waals surface area contributed by atoms with E-state index in [0.717, 1.165) is 50.2 Å². The van der Waals surface area contributed by atoms with E-state index in [1.54, 1.807) is 18.2 Å². The molecule has 3 saturated heterocycles. The lowest BCUT2D eigenvalue weighted by atomic mass is 9.78. The molecule has 1 amide bonds. The fourth-order valence-corrected chi connectivity index (χ4v) is 5.33. The zero-order valence-corrected chi connectivity index (χ0v) is 19.3. The first kappa shape index (κ1) is 23.0. The number of amides is 1. The SMILES string of the molecule is CC1(C)COc2cc(-c3cccc(C(F)(F)F)c3)ccc2C1NC(=O)O[C@@H]1CN2CCC1CC2. The van der Waals surface area contributed by atoms with E-state index < -0.39 is 23.2 Å². The predicted octanol–water partition coefficient (Wildman–Crippen LogP) is 5.65. The van der Waals surface area contributed by atoms with Gasteiger partial charge in [0.1, 0.15) is 11.9 Å². The summed E-state index contributed by atoms with van der Waals surface area (Å²) in [6.07, 6.45) is -2.82. The number of nitrogens with zero attached hydrogens (tertiary/aromatic N) is 1. The van der Waals surface area contributed by atoms with Crippen molar-refractivity contribution in [2.45, 2.75) is 45.0 Å². The molecule has 5 nitrogen and oxygen atoms in total. The topological polar surface area (TPSA) is 50.8 Å². The molecule has 1 unspecified atom stereocenters. The third kappa shape index (κ3) is 4.48. The third-order valence-corrected chi connectivity index (χ3v) is 7.35. The molecule has 6 rings (SSSR count). The van der Waals surface area contributed by atoms with Gasteiger partial charge >= 0.3 is 12.3 Å². The Balaban J connectivity index is 1.36. The Hall–Kier alpha value is -2.74. The molecule has 4 aliphatic heterocycles. The summed E-state index contributed by atoms with van der Waals surface area (Å²) in [4.78, 5) is 15.2. The smallest absolute Gasteiger partial charge is 0.416 e. The lowest BCUT2D eigenvalue weighted by Crippen LogP contribution is -2.53. The Morgan fingerprint density at radius 3 is 2.53 bits per heavy atom. The van der Waals surface area contributed by atoms with Gasteiger partial charge in [0.15, 0.2) is 0 Å². The number of alkyl carbamates (subject to hydrolysis) is 1. The third-order valence-electron chi connectivity index (χ3n) is 7.35. The van der Waals surface area contributed by atoms with Crippen molar-refractivity contribution >= 4 is 6.09 Å². The molecule has 34 heavy (non-hydrogen) atoms. The lowest BCUT2D eigenvalue weighted by molar-refractivity contribution is -0.137. The Morgan fingerprint density at radius 2 is 1.85 bits per heavy atom. The maximum Gasteiger partial charge on any atom is 0.416 e. The number of nitrogens with one attached hydrogen (secondary N) is 1. The summed E-state index contributed by atoms with van der Waals surface area (Å²) in [5.74, 6) is 0.975. The number of ether oxygens (including phenoxy) is 2. The number of benzene rings is 2. The summed E-state index contributed by atoms with van der Waals surface area (Å²) in [6, 6.07) is 10.2. The van der Waals surface area contributed by atoms with Gasteiger partial charge in [0.2, 0.25) is 0 Å². The van der Waals surface area contributed by atoms with Gasteiger partial charge in [-0.2, -0.15) is 13.2 Å². The van der Waals surface area contributed by atoms with Gasteiger partial charge in [-0.1, -0.05) is 38.1 Å². The maximum absolute atomic E-state index is 13.2. The molecule has 4 heterocycles. The second-order valence-electron chi connectivity index (χ2n) is 10.3. The van der Waals surface area contributed by atoms with Gasteiger partial charge in [-0.25, -0.2) is 4.79 Å². The zero-order chi connectivity index (χ0) is 24.1. The molecule has 182 valence electrons. The quantitative estimate of drug-likeness (QED) is 0.625. The molecule has 2 aromatic rings. The van der Waals surface area contributed by atoms with Crippen LogP contribution in [0.4, 0.5) is 18.0 Å². The highest BCUT2D eigenvalue weighted by Crippen LogP contribution is 2.44. The van der Waals surface area contributed by atoms with E-state index >= 15 is 0 Å². The van der Waals surface area contributed by atoms with E-state index in [4.69, 9.17) is 9.47 Å². The van der Waals surface area contributed by atoms with Crippen LogP contribution in [0.5, 0.6) is 5.75 Å². The minimum Gasteiger partial charge on any atom is -0.493 e. The first-order chi connectivity index (χ1) is 16.1. The summed E-state index contributed by atoms with van der Waals surface area (Å²) in [5, 5.41) is 3.05. The molecule has 1 N–H and O–H groups in total. The van der Waals surface area contributed by atoms with Crippen LogP contribution in [0.25, 0.3) is 11.1 Å². The number of carbonyl (C=O) groups excluding carboxylic acids is 1. The van der Waals surface area contributed by atoms with E-state index in [1.807, 2.05) is 19.9 Å². The molecule has 0 aromatic heterocycles. The average molecular weight is 475 g/mol.